The molecular formula is C17H20FN3O2. The zero-order valence-electron chi connectivity index (χ0n) is 13.0. The van der Waals surface area contributed by atoms with Gasteiger partial charge >= 0.3 is 0 Å². The predicted octanol–water partition coefficient (Wildman–Crippen LogP) is 2.88. The summed E-state index contributed by atoms with van der Waals surface area (Å²) in [6, 6.07) is 8.43. The Bertz CT molecular complexity index is 678. The number of aromatic amines is 1. The van der Waals surface area contributed by atoms with Gasteiger partial charge in [-0.2, -0.15) is 0 Å². The van der Waals surface area contributed by atoms with Gasteiger partial charge in [0.25, 0.3) is 5.91 Å². The van der Waals surface area contributed by atoms with E-state index in [0.717, 1.165) is 43.9 Å². The first kappa shape index (κ1) is 15.6. The van der Waals surface area contributed by atoms with Crippen molar-refractivity contribution in [3.63, 3.8) is 0 Å². The number of hydrogen-bond donors (Lipinski definition) is 2. The molecule has 6 heteroatoms. The number of hydrogen-bond acceptors (Lipinski definition) is 3. The van der Waals surface area contributed by atoms with E-state index in [9.17, 15) is 9.18 Å². The average Bonchev–Trinajstić information content (AvgIpc) is 2.97. The van der Waals surface area contributed by atoms with Gasteiger partial charge in [0, 0.05) is 37.1 Å². The number of rotatable bonds is 4. The number of nitrogens with one attached hydrogen (secondary N) is 2. The van der Waals surface area contributed by atoms with E-state index in [1.807, 2.05) is 12.1 Å². The molecule has 0 unspecified atom stereocenters. The fraction of sp³-hybridized carbons (Fsp3) is 0.353. The summed E-state index contributed by atoms with van der Waals surface area (Å²) < 4.78 is 18.9. The van der Waals surface area contributed by atoms with Crippen molar-refractivity contribution >= 4 is 11.6 Å². The summed E-state index contributed by atoms with van der Waals surface area (Å²) in [6.45, 7) is 2.05. The van der Waals surface area contributed by atoms with Crippen LogP contribution in [-0.4, -0.2) is 42.0 Å². The Morgan fingerprint density at radius 3 is 2.83 bits per heavy atom. The van der Waals surface area contributed by atoms with Crippen LogP contribution in [0.3, 0.4) is 0 Å². The molecule has 0 spiro atoms. The SMILES string of the molecule is CN1CCC(Oc2cccc(NC(=O)c3cc(F)c[nH]3)c2)CC1. The van der Waals surface area contributed by atoms with Crippen LogP contribution in [0.15, 0.2) is 36.5 Å². The number of amides is 1. The van der Waals surface area contributed by atoms with Crippen LogP contribution >= 0.6 is 0 Å². The lowest BCUT2D eigenvalue weighted by molar-refractivity contribution is 0.102. The number of halogens is 1. The van der Waals surface area contributed by atoms with Crippen molar-refractivity contribution < 1.29 is 13.9 Å². The molecule has 0 aliphatic carbocycles. The maximum Gasteiger partial charge on any atom is 0.272 e. The Morgan fingerprint density at radius 1 is 1.35 bits per heavy atom. The van der Waals surface area contributed by atoms with E-state index in [1.165, 1.54) is 0 Å². The number of likely N-dealkylation sites (tertiary alicyclic amines) is 1. The minimum absolute atomic E-state index is 0.184. The molecule has 2 aromatic rings. The maximum atomic E-state index is 12.9. The van der Waals surface area contributed by atoms with Crippen LogP contribution in [0, 0.1) is 5.82 Å². The van der Waals surface area contributed by atoms with Gasteiger partial charge in [-0.3, -0.25) is 4.79 Å². The number of H-pyrrole nitrogens is 1. The second-order valence-electron chi connectivity index (χ2n) is 5.83. The topological polar surface area (TPSA) is 57.4 Å². The lowest BCUT2D eigenvalue weighted by Crippen LogP contribution is -2.35. The largest absolute Gasteiger partial charge is 0.490 e. The first-order valence-electron chi connectivity index (χ1n) is 7.71. The molecule has 2 N–H and O–H groups in total. The molecule has 122 valence electrons. The van der Waals surface area contributed by atoms with E-state index < -0.39 is 5.82 Å². The van der Waals surface area contributed by atoms with Gasteiger partial charge in [0.1, 0.15) is 23.4 Å². The minimum atomic E-state index is -0.463. The van der Waals surface area contributed by atoms with Crippen LogP contribution in [0.4, 0.5) is 10.1 Å². The summed E-state index contributed by atoms with van der Waals surface area (Å²) in [4.78, 5) is 16.9. The molecule has 0 radical (unpaired) electrons. The molecule has 1 saturated heterocycles. The van der Waals surface area contributed by atoms with Crippen molar-refractivity contribution in [2.24, 2.45) is 0 Å². The van der Waals surface area contributed by atoms with Crippen molar-refractivity contribution in [2.75, 3.05) is 25.5 Å². The number of carbonyl (C=O) groups excluding carboxylic acids is 1. The highest BCUT2D eigenvalue weighted by atomic mass is 19.1. The van der Waals surface area contributed by atoms with E-state index in [2.05, 4.69) is 22.2 Å². The van der Waals surface area contributed by atoms with Gasteiger partial charge in [-0.05, 0) is 32.0 Å². The van der Waals surface area contributed by atoms with E-state index in [1.54, 1.807) is 12.1 Å². The lowest BCUT2D eigenvalue weighted by Gasteiger charge is -2.29. The monoisotopic (exact) mass is 317 g/mol. The number of benzene rings is 1. The molecule has 0 atom stereocenters. The summed E-state index contributed by atoms with van der Waals surface area (Å²) >= 11 is 0. The Morgan fingerprint density at radius 2 is 2.13 bits per heavy atom. The highest BCUT2D eigenvalue weighted by molar-refractivity contribution is 6.03. The highest BCUT2D eigenvalue weighted by Gasteiger charge is 2.18. The van der Waals surface area contributed by atoms with Crippen molar-refractivity contribution in [3.8, 4) is 5.75 Å². The summed E-state index contributed by atoms with van der Waals surface area (Å²) in [6.07, 6.45) is 3.34. The van der Waals surface area contributed by atoms with E-state index in [4.69, 9.17) is 4.74 Å². The molecule has 3 rings (SSSR count). The van der Waals surface area contributed by atoms with Crippen LogP contribution in [0.2, 0.25) is 0 Å². The van der Waals surface area contributed by atoms with Crippen LogP contribution < -0.4 is 10.1 Å². The van der Waals surface area contributed by atoms with Crippen LogP contribution in [0.25, 0.3) is 0 Å². The number of nitrogens with zero attached hydrogens (tertiary/aromatic N) is 1. The Hall–Kier alpha value is -2.34. The molecule has 2 heterocycles. The Balaban J connectivity index is 1.62. The molecule has 1 aliphatic rings. The van der Waals surface area contributed by atoms with Gasteiger partial charge in [-0.1, -0.05) is 6.07 Å². The predicted molar refractivity (Wildman–Crippen MR) is 86.3 cm³/mol. The van der Waals surface area contributed by atoms with Gasteiger partial charge < -0.3 is 19.9 Å². The van der Waals surface area contributed by atoms with Crippen molar-refractivity contribution in [1.82, 2.24) is 9.88 Å². The summed E-state index contributed by atoms with van der Waals surface area (Å²) in [5, 5.41) is 2.73. The van der Waals surface area contributed by atoms with E-state index >= 15 is 0 Å². The molecule has 0 saturated carbocycles. The van der Waals surface area contributed by atoms with Crippen LogP contribution in [0.1, 0.15) is 23.3 Å². The van der Waals surface area contributed by atoms with Crippen LogP contribution in [-0.2, 0) is 0 Å². The molecule has 1 aliphatic heterocycles. The van der Waals surface area contributed by atoms with E-state index in [-0.39, 0.29) is 17.7 Å². The van der Waals surface area contributed by atoms with Crippen molar-refractivity contribution in [1.29, 1.82) is 0 Å². The number of anilines is 1. The third kappa shape index (κ3) is 4.10. The maximum absolute atomic E-state index is 12.9. The fourth-order valence-corrected chi connectivity index (χ4v) is 2.64. The highest BCUT2D eigenvalue weighted by Crippen LogP contribution is 2.22. The zero-order valence-corrected chi connectivity index (χ0v) is 13.0. The average molecular weight is 317 g/mol. The zero-order chi connectivity index (χ0) is 16.2. The number of ether oxygens (including phenoxy) is 1. The van der Waals surface area contributed by atoms with Crippen molar-refractivity contribution in [3.05, 3.63) is 48.0 Å². The number of carbonyl (C=O) groups is 1. The molecule has 1 aromatic carbocycles. The van der Waals surface area contributed by atoms with Gasteiger partial charge in [0.2, 0.25) is 0 Å². The minimum Gasteiger partial charge on any atom is -0.490 e. The quantitative estimate of drug-likeness (QED) is 0.911. The Labute approximate surface area is 134 Å². The number of aromatic nitrogens is 1. The third-order valence-corrected chi connectivity index (χ3v) is 3.95. The van der Waals surface area contributed by atoms with Gasteiger partial charge in [-0.25, -0.2) is 4.39 Å². The number of piperidine rings is 1. The smallest absolute Gasteiger partial charge is 0.272 e. The second-order valence-corrected chi connectivity index (χ2v) is 5.83. The summed E-state index contributed by atoms with van der Waals surface area (Å²) in [5.74, 6) is -0.116. The standard InChI is InChI=1S/C17H20FN3O2/c1-21-7-5-14(6-8-21)23-15-4-2-3-13(10-15)20-17(22)16-9-12(18)11-19-16/h2-4,9-11,14,19H,5-8H2,1H3,(H,20,22). The van der Waals surface area contributed by atoms with Crippen LogP contribution in [0.5, 0.6) is 5.75 Å². The first-order valence-corrected chi connectivity index (χ1v) is 7.71. The van der Waals surface area contributed by atoms with Crippen molar-refractivity contribution in [2.45, 2.75) is 18.9 Å². The summed E-state index contributed by atoms with van der Waals surface area (Å²) in [5.41, 5.74) is 0.805. The Kier molecular flexibility index (Phi) is 4.62. The molecule has 5 nitrogen and oxygen atoms in total. The molecule has 1 fully saturated rings. The normalized spacial score (nSPS) is 16.3. The third-order valence-electron chi connectivity index (χ3n) is 3.95. The molecule has 23 heavy (non-hydrogen) atoms. The lowest BCUT2D eigenvalue weighted by atomic mass is 10.1. The molecule has 1 amide bonds. The van der Waals surface area contributed by atoms with Gasteiger partial charge in [0.15, 0.2) is 0 Å². The first-order chi connectivity index (χ1) is 11.1. The summed E-state index contributed by atoms with van der Waals surface area (Å²) in [7, 11) is 2.11. The van der Waals surface area contributed by atoms with Gasteiger partial charge in [0.05, 0.1) is 0 Å². The molecule has 1 aromatic heterocycles. The van der Waals surface area contributed by atoms with E-state index in [0.29, 0.717) is 5.69 Å². The van der Waals surface area contributed by atoms with Gasteiger partial charge in [-0.15, -0.1) is 0 Å². The molecular weight excluding hydrogens is 297 g/mol. The fourth-order valence-electron chi connectivity index (χ4n) is 2.64. The second kappa shape index (κ2) is 6.83. The molecule has 0 bridgehead atoms.